The van der Waals surface area contributed by atoms with E-state index in [4.69, 9.17) is 14.2 Å². The van der Waals surface area contributed by atoms with E-state index in [1.807, 2.05) is 59.5 Å². The summed E-state index contributed by atoms with van der Waals surface area (Å²) in [7, 11) is 0. The molecule has 1 N–H and O–H groups in total. The number of amides is 2. The lowest BCUT2D eigenvalue weighted by molar-refractivity contribution is 0.0365. The standard InChI is InChI=1S/C31H37N3O5/c1-2-38-30(35)27-11-13-28(14-12-27)32-31(36)34(18-6-17-33-19-21-37-22-20-33)23-25-9-15-29(16-10-25)39-24-26-7-4-3-5-8-26/h3-5,7-16H,2,6,17-24H2,1H3,(H,32,36). The van der Waals surface area contributed by atoms with E-state index in [1.54, 1.807) is 31.2 Å². The predicted molar refractivity (Wildman–Crippen MR) is 151 cm³/mol. The highest BCUT2D eigenvalue weighted by Gasteiger charge is 2.17. The smallest absolute Gasteiger partial charge is 0.338 e. The third kappa shape index (κ3) is 9.12. The first-order valence-electron chi connectivity index (χ1n) is 13.5. The molecule has 1 heterocycles. The fourth-order valence-corrected chi connectivity index (χ4v) is 4.32. The fourth-order valence-electron chi connectivity index (χ4n) is 4.32. The van der Waals surface area contributed by atoms with Crippen LogP contribution in [0.25, 0.3) is 0 Å². The Balaban J connectivity index is 1.36. The average molecular weight is 532 g/mol. The lowest BCUT2D eigenvalue weighted by atomic mass is 10.2. The molecule has 0 saturated carbocycles. The van der Waals surface area contributed by atoms with Gasteiger partial charge in [-0.25, -0.2) is 9.59 Å². The van der Waals surface area contributed by atoms with Gasteiger partial charge in [-0.15, -0.1) is 0 Å². The molecule has 8 nitrogen and oxygen atoms in total. The Bertz CT molecular complexity index is 1160. The molecule has 0 aliphatic carbocycles. The highest BCUT2D eigenvalue weighted by atomic mass is 16.5. The Hall–Kier alpha value is -3.88. The van der Waals surface area contributed by atoms with E-state index >= 15 is 0 Å². The van der Waals surface area contributed by atoms with Gasteiger partial charge >= 0.3 is 12.0 Å². The van der Waals surface area contributed by atoms with Crippen molar-refractivity contribution >= 4 is 17.7 Å². The summed E-state index contributed by atoms with van der Waals surface area (Å²) < 4.78 is 16.4. The molecule has 0 spiro atoms. The van der Waals surface area contributed by atoms with Crippen LogP contribution in [0, 0.1) is 0 Å². The van der Waals surface area contributed by atoms with Gasteiger partial charge in [0.25, 0.3) is 0 Å². The molecule has 0 radical (unpaired) electrons. The maximum atomic E-state index is 13.3. The molecule has 0 unspecified atom stereocenters. The molecule has 4 rings (SSSR count). The van der Waals surface area contributed by atoms with Gasteiger partial charge in [0.15, 0.2) is 0 Å². The lowest BCUT2D eigenvalue weighted by Crippen LogP contribution is -2.40. The summed E-state index contributed by atoms with van der Waals surface area (Å²) in [6.45, 7) is 7.93. The second-order valence-electron chi connectivity index (χ2n) is 9.38. The summed E-state index contributed by atoms with van der Waals surface area (Å²) >= 11 is 0. The average Bonchev–Trinajstić information content (AvgIpc) is 2.98. The summed E-state index contributed by atoms with van der Waals surface area (Å²) in [5.74, 6) is 0.406. The minimum absolute atomic E-state index is 0.190. The first-order chi connectivity index (χ1) is 19.1. The van der Waals surface area contributed by atoms with Crippen LogP contribution in [0.1, 0.15) is 34.8 Å². The van der Waals surface area contributed by atoms with Crippen LogP contribution in [0.3, 0.4) is 0 Å². The fraction of sp³-hybridized carbons (Fsp3) is 0.355. The number of ether oxygens (including phenoxy) is 3. The van der Waals surface area contributed by atoms with Gasteiger partial charge in [-0.1, -0.05) is 42.5 Å². The van der Waals surface area contributed by atoms with Crippen LogP contribution in [0.4, 0.5) is 10.5 Å². The largest absolute Gasteiger partial charge is 0.489 e. The van der Waals surface area contributed by atoms with E-state index < -0.39 is 0 Å². The number of carbonyl (C=O) groups is 2. The van der Waals surface area contributed by atoms with Gasteiger partial charge in [0.2, 0.25) is 0 Å². The zero-order valence-corrected chi connectivity index (χ0v) is 22.5. The van der Waals surface area contributed by atoms with E-state index in [2.05, 4.69) is 10.2 Å². The van der Waals surface area contributed by atoms with Crippen LogP contribution in [-0.2, 0) is 22.6 Å². The number of urea groups is 1. The van der Waals surface area contributed by atoms with E-state index in [-0.39, 0.29) is 12.0 Å². The topological polar surface area (TPSA) is 80.3 Å². The minimum Gasteiger partial charge on any atom is -0.489 e. The van der Waals surface area contributed by atoms with Crippen LogP contribution >= 0.6 is 0 Å². The maximum Gasteiger partial charge on any atom is 0.338 e. The molecule has 2 amide bonds. The summed E-state index contributed by atoms with van der Waals surface area (Å²) in [5.41, 5.74) is 3.20. The van der Waals surface area contributed by atoms with Gasteiger partial charge in [-0.3, -0.25) is 4.90 Å². The Labute approximate surface area is 230 Å². The van der Waals surface area contributed by atoms with Crippen LogP contribution in [0.15, 0.2) is 78.9 Å². The van der Waals surface area contributed by atoms with Crippen LogP contribution in [-0.4, -0.2) is 67.8 Å². The highest BCUT2D eigenvalue weighted by Crippen LogP contribution is 2.17. The zero-order chi connectivity index (χ0) is 27.3. The first-order valence-corrected chi connectivity index (χ1v) is 13.5. The third-order valence-corrected chi connectivity index (χ3v) is 6.49. The highest BCUT2D eigenvalue weighted by molar-refractivity contribution is 5.92. The minimum atomic E-state index is -0.378. The van der Waals surface area contributed by atoms with Crippen molar-refractivity contribution < 1.29 is 23.8 Å². The van der Waals surface area contributed by atoms with Gasteiger partial charge < -0.3 is 24.4 Å². The van der Waals surface area contributed by atoms with Gasteiger partial charge in [-0.2, -0.15) is 0 Å². The number of nitrogens with zero attached hydrogens (tertiary/aromatic N) is 2. The maximum absolute atomic E-state index is 13.3. The third-order valence-electron chi connectivity index (χ3n) is 6.49. The quantitative estimate of drug-likeness (QED) is 0.324. The van der Waals surface area contributed by atoms with Crippen LogP contribution in [0.5, 0.6) is 5.75 Å². The normalized spacial score (nSPS) is 13.5. The predicted octanol–water partition coefficient (Wildman–Crippen LogP) is 5.20. The summed E-state index contributed by atoms with van der Waals surface area (Å²) in [6.07, 6.45) is 0.855. The number of esters is 1. The Morgan fingerprint density at radius 2 is 1.64 bits per heavy atom. The number of nitrogens with one attached hydrogen (secondary N) is 1. The van der Waals surface area contributed by atoms with Crippen molar-refractivity contribution in [2.75, 3.05) is 51.3 Å². The molecule has 1 fully saturated rings. The number of hydrogen-bond donors (Lipinski definition) is 1. The van der Waals surface area contributed by atoms with E-state index in [9.17, 15) is 9.59 Å². The van der Waals surface area contributed by atoms with Crippen LogP contribution in [0.2, 0.25) is 0 Å². The van der Waals surface area contributed by atoms with Gasteiger partial charge in [0.1, 0.15) is 12.4 Å². The second-order valence-corrected chi connectivity index (χ2v) is 9.38. The monoisotopic (exact) mass is 531 g/mol. The van der Waals surface area contributed by atoms with Crippen molar-refractivity contribution in [2.24, 2.45) is 0 Å². The molecule has 206 valence electrons. The summed E-state index contributed by atoms with van der Waals surface area (Å²) in [4.78, 5) is 29.4. The van der Waals surface area contributed by atoms with Crippen molar-refractivity contribution in [3.05, 3.63) is 95.6 Å². The summed E-state index contributed by atoms with van der Waals surface area (Å²) in [5, 5.41) is 2.98. The Morgan fingerprint density at radius 3 is 2.33 bits per heavy atom. The van der Waals surface area contributed by atoms with Crippen molar-refractivity contribution in [1.82, 2.24) is 9.80 Å². The Kier molecular flexibility index (Phi) is 10.7. The number of anilines is 1. The van der Waals surface area contributed by atoms with E-state index in [0.29, 0.717) is 37.6 Å². The van der Waals surface area contributed by atoms with Gasteiger partial charge in [0.05, 0.1) is 25.4 Å². The lowest BCUT2D eigenvalue weighted by Gasteiger charge is -2.28. The molecular formula is C31H37N3O5. The number of morpholine rings is 1. The SMILES string of the molecule is CCOC(=O)c1ccc(NC(=O)N(CCCN2CCOCC2)Cc2ccc(OCc3ccccc3)cc2)cc1. The number of carbonyl (C=O) groups excluding carboxylic acids is 2. The van der Waals surface area contributed by atoms with E-state index in [0.717, 1.165) is 56.1 Å². The molecule has 39 heavy (non-hydrogen) atoms. The molecule has 0 aromatic heterocycles. The molecule has 0 atom stereocenters. The number of benzene rings is 3. The van der Waals surface area contributed by atoms with Gasteiger partial charge in [-0.05, 0) is 60.9 Å². The molecule has 3 aromatic carbocycles. The zero-order valence-electron chi connectivity index (χ0n) is 22.5. The van der Waals surface area contributed by atoms with E-state index in [1.165, 1.54) is 0 Å². The van der Waals surface area contributed by atoms with Crippen LogP contribution < -0.4 is 10.1 Å². The van der Waals surface area contributed by atoms with Crippen molar-refractivity contribution in [3.8, 4) is 5.75 Å². The molecular weight excluding hydrogens is 494 g/mol. The molecule has 1 aliphatic rings. The van der Waals surface area contributed by atoms with Gasteiger partial charge in [0, 0.05) is 38.4 Å². The molecule has 0 bridgehead atoms. The molecule has 8 heteroatoms. The molecule has 3 aromatic rings. The molecule has 1 saturated heterocycles. The Morgan fingerprint density at radius 1 is 0.923 bits per heavy atom. The van der Waals surface area contributed by atoms with Crippen molar-refractivity contribution in [3.63, 3.8) is 0 Å². The van der Waals surface area contributed by atoms with Crippen molar-refractivity contribution in [2.45, 2.75) is 26.5 Å². The number of hydrogen-bond acceptors (Lipinski definition) is 6. The molecule has 1 aliphatic heterocycles. The first kappa shape index (κ1) is 28.1. The second kappa shape index (κ2) is 14.9. The number of rotatable bonds is 12. The van der Waals surface area contributed by atoms with Crippen molar-refractivity contribution in [1.29, 1.82) is 0 Å². The summed E-state index contributed by atoms with van der Waals surface area (Å²) in [6, 6.07) is 24.5.